The van der Waals surface area contributed by atoms with Crippen molar-refractivity contribution in [3.8, 4) is 0 Å². The standard InChI is InChI=1S/C10H18F3N3O4S/c1-16(5-8(17)15-6-10(11,12)13)9(18)7(14)3-4-21(2,19)20/h7H,3-6,14H2,1-2H3,(H,15,17). The van der Waals surface area contributed by atoms with Crippen molar-refractivity contribution in [2.24, 2.45) is 5.73 Å². The summed E-state index contributed by atoms with van der Waals surface area (Å²) in [6.07, 6.45) is -3.69. The predicted molar refractivity (Wildman–Crippen MR) is 69.0 cm³/mol. The molecule has 0 spiro atoms. The molecule has 124 valence electrons. The summed E-state index contributed by atoms with van der Waals surface area (Å²) in [6, 6.07) is -1.14. The average molecular weight is 333 g/mol. The molecule has 0 bridgehead atoms. The van der Waals surface area contributed by atoms with Crippen molar-refractivity contribution in [1.29, 1.82) is 0 Å². The van der Waals surface area contributed by atoms with Crippen LogP contribution in [0.25, 0.3) is 0 Å². The van der Waals surface area contributed by atoms with Gasteiger partial charge in [-0.05, 0) is 6.42 Å². The third-order valence-corrected chi connectivity index (χ3v) is 3.34. The summed E-state index contributed by atoms with van der Waals surface area (Å²) in [5.74, 6) is -2.01. The van der Waals surface area contributed by atoms with Gasteiger partial charge in [-0.2, -0.15) is 13.2 Å². The lowest BCUT2D eigenvalue weighted by atomic mass is 10.2. The van der Waals surface area contributed by atoms with Crippen LogP contribution < -0.4 is 11.1 Å². The lowest BCUT2D eigenvalue weighted by Gasteiger charge is -2.20. The first-order valence-corrected chi connectivity index (χ1v) is 7.89. The van der Waals surface area contributed by atoms with E-state index >= 15 is 0 Å². The maximum Gasteiger partial charge on any atom is 0.405 e. The van der Waals surface area contributed by atoms with E-state index in [9.17, 15) is 31.2 Å². The van der Waals surface area contributed by atoms with E-state index in [0.717, 1.165) is 11.2 Å². The number of hydrogen-bond donors (Lipinski definition) is 2. The first-order valence-electron chi connectivity index (χ1n) is 5.83. The van der Waals surface area contributed by atoms with E-state index in [2.05, 4.69) is 0 Å². The molecule has 0 aliphatic rings. The lowest BCUT2D eigenvalue weighted by molar-refractivity contribution is -0.142. The Morgan fingerprint density at radius 3 is 2.29 bits per heavy atom. The van der Waals surface area contributed by atoms with Crippen LogP contribution in [-0.2, 0) is 19.4 Å². The van der Waals surface area contributed by atoms with Gasteiger partial charge in [0.05, 0.1) is 18.3 Å². The molecule has 0 rings (SSSR count). The molecule has 0 aromatic carbocycles. The van der Waals surface area contributed by atoms with Crippen LogP contribution in [0.4, 0.5) is 13.2 Å². The monoisotopic (exact) mass is 333 g/mol. The van der Waals surface area contributed by atoms with Gasteiger partial charge in [0.15, 0.2) is 0 Å². The Balaban J connectivity index is 4.29. The molecule has 0 saturated carbocycles. The molecule has 21 heavy (non-hydrogen) atoms. The number of sulfone groups is 1. The summed E-state index contributed by atoms with van der Waals surface area (Å²) in [7, 11) is -2.09. The highest BCUT2D eigenvalue weighted by Gasteiger charge is 2.28. The van der Waals surface area contributed by atoms with E-state index in [1.54, 1.807) is 5.32 Å². The highest BCUT2D eigenvalue weighted by Crippen LogP contribution is 2.12. The van der Waals surface area contributed by atoms with Crippen LogP contribution in [0.3, 0.4) is 0 Å². The number of hydrogen-bond acceptors (Lipinski definition) is 5. The number of alkyl halides is 3. The smallest absolute Gasteiger partial charge is 0.345 e. The zero-order chi connectivity index (χ0) is 16.8. The molecule has 0 radical (unpaired) electrons. The zero-order valence-electron chi connectivity index (χ0n) is 11.6. The van der Waals surface area contributed by atoms with Gasteiger partial charge >= 0.3 is 6.18 Å². The topological polar surface area (TPSA) is 110 Å². The van der Waals surface area contributed by atoms with Gasteiger partial charge < -0.3 is 16.0 Å². The zero-order valence-corrected chi connectivity index (χ0v) is 12.4. The Kier molecular flexibility index (Phi) is 7.10. The molecule has 0 heterocycles. The molecule has 3 N–H and O–H groups in total. The summed E-state index contributed by atoms with van der Waals surface area (Å²) in [5.41, 5.74) is 5.48. The van der Waals surface area contributed by atoms with Crippen LogP contribution in [0.15, 0.2) is 0 Å². The van der Waals surface area contributed by atoms with Gasteiger partial charge in [-0.25, -0.2) is 8.42 Å². The van der Waals surface area contributed by atoms with E-state index in [0.29, 0.717) is 0 Å². The molecule has 0 aromatic heterocycles. The van der Waals surface area contributed by atoms with Crippen molar-refractivity contribution in [3.05, 3.63) is 0 Å². The molecular formula is C10H18F3N3O4S. The van der Waals surface area contributed by atoms with Crippen LogP contribution in [0.1, 0.15) is 6.42 Å². The summed E-state index contributed by atoms with van der Waals surface area (Å²) in [5, 5.41) is 1.61. The van der Waals surface area contributed by atoms with Crippen molar-refractivity contribution < 1.29 is 31.2 Å². The van der Waals surface area contributed by atoms with E-state index in [4.69, 9.17) is 5.73 Å². The minimum atomic E-state index is -4.54. The van der Waals surface area contributed by atoms with Crippen LogP contribution in [0.2, 0.25) is 0 Å². The van der Waals surface area contributed by atoms with Crippen LogP contribution in [0.5, 0.6) is 0 Å². The Hall–Kier alpha value is -1.36. The number of amides is 2. The summed E-state index contributed by atoms with van der Waals surface area (Å²) < 4.78 is 57.5. The lowest BCUT2D eigenvalue weighted by Crippen LogP contribution is -2.47. The van der Waals surface area contributed by atoms with Crippen molar-refractivity contribution in [1.82, 2.24) is 10.2 Å². The van der Waals surface area contributed by atoms with Gasteiger partial charge in [-0.15, -0.1) is 0 Å². The second-order valence-corrected chi connectivity index (χ2v) is 6.87. The van der Waals surface area contributed by atoms with Gasteiger partial charge in [0, 0.05) is 13.3 Å². The van der Waals surface area contributed by atoms with E-state index in [1.807, 2.05) is 0 Å². The predicted octanol–water partition coefficient (Wildman–Crippen LogP) is -1.11. The second-order valence-electron chi connectivity index (χ2n) is 4.61. The SMILES string of the molecule is CN(CC(=O)NCC(F)(F)F)C(=O)C(N)CCS(C)(=O)=O. The highest BCUT2D eigenvalue weighted by molar-refractivity contribution is 7.90. The molecule has 0 saturated heterocycles. The number of carbonyl (C=O) groups excluding carboxylic acids is 2. The van der Waals surface area contributed by atoms with E-state index < -0.39 is 47.0 Å². The summed E-state index contributed by atoms with van der Waals surface area (Å²) in [4.78, 5) is 23.7. The molecule has 0 aliphatic heterocycles. The fourth-order valence-corrected chi connectivity index (χ4v) is 1.98. The van der Waals surface area contributed by atoms with Gasteiger partial charge in [0.1, 0.15) is 16.4 Å². The number of nitrogens with two attached hydrogens (primary N) is 1. The Labute approximate surface area is 120 Å². The number of halogens is 3. The van der Waals surface area contributed by atoms with Gasteiger partial charge in [-0.3, -0.25) is 9.59 Å². The summed E-state index contributed by atoms with van der Waals surface area (Å²) in [6.45, 7) is -2.09. The van der Waals surface area contributed by atoms with Gasteiger partial charge in [0.25, 0.3) is 0 Å². The van der Waals surface area contributed by atoms with Crippen molar-refractivity contribution >= 4 is 21.7 Å². The largest absolute Gasteiger partial charge is 0.405 e. The average Bonchev–Trinajstić information content (AvgIpc) is 2.30. The molecule has 7 nitrogen and oxygen atoms in total. The maximum atomic E-state index is 11.9. The Bertz CT molecular complexity index is 478. The van der Waals surface area contributed by atoms with Crippen molar-refractivity contribution in [2.45, 2.75) is 18.6 Å². The van der Waals surface area contributed by atoms with Crippen molar-refractivity contribution in [3.63, 3.8) is 0 Å². The number of nitrogens with one attached hydrogen (secondary N) is 1. The normalized spacial score (nSPS) is 13.6. The minimum absolute atomic E-state index is 0.133. The Morgan fingerprint density at radius 1 is 1.33 bits per heavy atom. The maximum absolute atomic E-state index is 11.9. The number of likely N-dealkylation sites (N-methyl/N-ethyl adjacent to an activating group) is 1. The fraction of sp³-hybridized carbons (Fsp3) is 0.800. The van der Waals surface area contributed by atoms with Crippen molar-refractivity contribution in [2.75, 3.05) is 32.1 Å². The molecule has 2 amide bonds. The molecule has 0 fully saturated rings. The van der Waals surface area contributed by atoms with Crippen LogP contribution >= 0.6 is 0 Å². The molecule has 1 unspecified atom stereocenters. The molecule has 1 atom stereocenters. The first-order chi connectivity index (χ1) is 9.32. The first kappa shape index (κ1) is 19.6. The van der Waals surface area contributed by atoms with Gasteiger partial charge in [-0.1, -0.05) is 0 Å². The fourth-order valence-electron chi connectivity index (χ4n) is 1.30. The van der Waals surface area contributed by atoms with Gasteiger partial charge in [0.2, 0.25) is 11.8 Å². The van der Waals surface area contributed by atoms with Crippen LogP contribution in [-0.4, -0.2) is 69.5 Å². The summed E-state index contributed by atoms with van der Waals surface area (Å²) >= 11 is 0. The Morgan fingerprint density at radius 2 is 1.86 bits per heavy atom. The minimum Gasteiger partial charge on any atom is -0.345 e. The molecule has 0 aliphatic carbocycles. The number of carbonyl (C=O) groups is 2. The highest BCUT2D eigenvalue weighted by atomic mass is 32.2. The van der Waals surface area contributed by atoms with E-state index in [1.165, 1.54) is 7.05 Å². The molecular weight excluding hydrogens is 315 g/mol. The molecule has 11 heteroatoms. The third-order valence-electron chi connectivity index (χ3n) is 2.36. The van der Waals surface area contributed by atoms with E-state index in [-0.39, 0.29) is 12.2 Å². The molecule has 0 aromatic rings. The third kappa shape index (κ3) is 10.1. The quantitative estimate of drug-likeness (QED) is 0.614. The second kappa shape index (κ2) is 7.59. The number of rotatable bonds is 7. The van der Waals surface area contributed by atoms with Crippen LogP contribution in [0, 0.1) is 0 Å². The number of nitrogens with zero attached hydrogens (tertiary/aromatic N) is 1.